The van der Waals surface area contributed by atoms with Gasteiger partial charge in [0.1, 0.15) is 11.6 Å². The molecule has 5 heteroatoms. The Morgan fingerprint density at radius 1 is 1.35 bits per heavy atom. The number of carbonyl (C=O) groups excluding carboxylic acids is 1. The first-order valence-electron chi connectivity index (χ1n) is 8.26. The van der Waals surface area contributed by atoms with Gasteiger partial charge in [-0.3, -0.25) is 4.79 Å². The van der Waals surface area contributed by atoms with Crippen molar-refractivity contribution in [2.24, 2.45) is 17.3 Å². The molecule has 0 radical (unpaired) electrons. The van der Waals surface area contributed by atoms with Crippen LogP contribution in [-0.2, 0) is 9.53 Å². The second-order valence-electron chi connectivity index (χ2n) is 7.67. The lowest BCUT2D eigenvalue weighted by Crippen LogP contribution is -2.66. The molecule has 1 aromatic rings. The molecule has 1 N–H and O–H groups in total. The molecule has 1 aromatic carbocycles. The summed E-state index contributed by atoms with van der Waals surface area (Å²) in [5.41, 5.74) is 0.393. The molecule has 3 nitrogen and oxygen atoms in total. The van der Waals surface area contributed by atoms with Crippen LogP contribution in [0.25, 0.3) is 0 Å². The number of carbonyl (C=O) groups is 1. The molecular weight excluding hydrogens is 300 g/mol. The van der Waals surface area contributed by atoms with Gasteiger partial charge in [-0.05, 0) is 30.4 Å². The van der Waals surface area contributed by atoms with Crippen LogP contribution in [0.3, 0.4) is 0 Å². The second-order valence-corrected chi connectivity index (χ2v) is 7.67. The Kier molecular flexibility index (Phi) is 3.28. The zero-order valence-corrected chi connectivity index (χ0v) is 13.3. The Bertz CT molecular complexity index is 660. The fourth-order valence-electron chi connectivity index (χ4n) is 4.51. The smallest absolute Gasteiger partial charge is 0.223 e. The number of halogens is 2. The van der Waals surface area contributed by atoms with Crippen molar-refractivity contribution < 1.29 is 18.3 Å². The fraction of sp³-hybridized carbons (Fsp3) is 0.611. The predicted molar refractivity (Wildman–Crippen MR) is 80.8 cm³/mol. The van der Waals surface area contributed by atoms with Gasteiger partial charge in [0.15, 0.2) is 0 Å². The largest absolute Gasteiger partial charge is 0.377 e. The lowest BCUT2D eigenvalue weighted by molar-refractivity contribution is -0.138. The lowest BCUT2D eigenvalue weighted by Gasteiger charge is -2.54. The van der Waals surface area contributed by atoms with E-state index in [2.05, 4.69) is 19.2 Å². The summed E-state index contributed by atoms with van der Waals surface area (Å²) in [6.45, 7) is 5.00. The van der Waals surface area contributed by atoms with Gasteiger partial charge in [-0.1, -0.05) is 19.9 Å². The summed E-state index contributed by atoms with van der Waals surface area (Å²) in [4.78, 5) is 12.5. The van der Waals surface area contributed by atoms with E-state index in [0.717, 1.165) is 19.1 Å². The van der Waals surface area contributed by atoms with E-state index < -0.39 is 11.6 Å². The van der Waals surface area contributed by atoms with E-state index in [1.54, 1.807) is 0 Å². The standard InChI is InChI=1S/C18H21F2NO2/c1-18(2)15(11-5-6-23-16(11)18)21-17(22)13-8-12(13)10-4-3-9(19)7-14(10)20/h3-4,7,11-13,15-16H,5-6,8H2,1-2H3,(H,21,22)/t11-,12+,13+,15+,16-/m0/s1. The molecule has 3 fully saturated rings. The van der Waals surface area contributed by atoms with Crippen molar-refractivity contribution in [3.63, 3.8) is 0 Å². The highest BCUT2D eigenvalue weighted by molar-refractivity contribution is 5.83. The third-order valence-electron chi connectivity index (χ3n) is 5.89. The Morgan fingerprint density at radius 3 is 2.87 bits per heavy atom. The summed E-state index contributed by atoms with van der Waals surface area (Å²) in [5, 5.41) is 3.16. The number of benzene rings is 1. The van der Waals surface area contributed by atoms with Gasteiger partial charge in [-0.25, -0.2) is 8.78 Å². The molecule has 2 saturated carbocycles. The molecule has 5 atom stereocenters. The van der Waals surface area contributed by atoms with Gasteiger partial charge in [-0.15, -0.1) is 0 Å². The summed E-state index contributed by atoms with van der Waals surface area (Å²) in [5.74, 6) is -1.09. The number of amides is 1. The van der Waals surface area contributed by atoms with Gasteiger partial charge in [0, 0.05) is 36.0 Å². The van der Waals surface area contributed by atoms with Crippen molar-refractivity contribution in [2.45, 2.75) is 44.8 Å². The summed E-state index contributed by atoms with van der Waals surface area (Å²) in [7, 11) is 0. The van der Waals surface area contributed by atoms with Crippen molar-refractivity contribution in [3.05, 3.63) is 35.4 Å². The Morgan fingerprint density at radius 2 is 2.13 bits per heavy atom. The van der Waals surface area contributed by atoms with Gasteiger partial charge < -0.3 is 10.1 Å². The predicted octanol–water partition coefficient (Wildman–Crippen LogP) is 3.00. The quantitative estimate of drug-likeness (QED) is 0.929. The van der Waals surface area contributed by atoms with Gasteiger partial charge in [0.05, 0.1) is 6.10 Å². The summed E-state index contributed by atoms with van der Waals surface area (Å²) in [6, 6.07) is 3.72. The number of fused-ring (bicyclic) bond motifs is 1. The van der Waals surface area contributed by atoms with Crippen molar-refractivity contribution in [3.8, 4) is 0 Å². The van der Waals surface area contributed by atoms with E-state index in [4.69, 9.17) is 4.74 Å². The zero-order chi connectivity index (χ0) is 16.4. The Labute approximate surface area is 134 Å². The van der Waals surface area contributed by atoms with Crippen LogP contribution in [0.2, 0.25) is 0 Å². The minimum absolute atomic E-state index is 0.0119. The minimum Gasteiger partial charge on any atom is -0.377 e. The fourth-order valence-corrected chi connectivity index (χ4v) is 4.51. The molecule has 1 saturated heterocycles. The van der Waals surface area contributed by atoms with E-state index in [1.807, 2.05) is 0 Å². The van der Waals surface area contributed by atoms with E-state index in [0.29, 0.717) is 17.9 Å². The molecule has 0 bridgehead atoms. The molecule has 0 aromatic heterocycles. The van der Waals surface area contributed by atoms with Crippen LogP contribution in [0.1, 0.15) is 38.2 Å². The van der Waals surface area contributed by atoms with E-state index in [9.17, 15) is 13.6 Å². The van der Waals surface area contributed by atoms with Gasteiger partial charge in [0.2, 0.25) is 5.91 Å². The normalized spacial score (nSPS) is 37.0. The average molecular weight is 321 g/mol. The van der Waals surface area contributed by atoms with Crippen LogP contribution < -0.4 is 5.32 Å². The van der Waals surface area contributed by atoms with Crippen LogP contribution in [0, 0.1) is 28.9 Å². The summed E-state index contributed by atoms with van der Waals surface area (Å²) in [6.07, 6.45) is 1.85. The van der Waals surface area contributed by atoms with Crippen LogP contribution in [0.15, 0.2) is 18.2 Å². The SMILES string of the molecule is CC1(C)[C@H](NC(=O)[C@@H]2C[C@@H]2c2ccc(F)cc2F)[C@@H]2CCO[C@@H]21. The van der Waals surface area contributed by atoms with Crippen molar-refractivity contribution in [1.29, 1.82) is 0 Å². The highest BCUT2D eigenvalue weighted by Gasteiger charge is 2.60. The first kappa shape index (κ1) is 15.1. The maximum absolute atomic E-state index is 13.8. The zero-order valence-electron chi connectivity index (χ0n) is 13.3. The molecule has 3 aliphatic rings. The second kappa shape index (κ2) is 5.00. The molecule has 0 spiro atoms. The third kappa shape index (κ3) is 2.28. The lowest BCUT2D eigenvalue weighted by atomic mass is 9.57. The number of hydrogen-bond donors (Lipinski definition) is 1. The monoisotopic (exact) mass is 321 g/mol. The van der Waals surface area contributed by atoms with Crippen molar-refractivity contribution in [1.82, 2.24) is 5.32 Å². The van der Waals surface area contributed by atoms with Crippen LogP contribution in [0.4, 0.5) is 8.78 Å². The third-order valence-corrected chi connectivity index (χ3v) is 5.89. The van der Waals surface area contributed by atoms with E-state index >= 15 is 0 Å². The molecule has 1 amide bonds. The minimum atomic E-state index is -0.587. The molecule has 2 aliphatic carbocycles. The summed E-state index contributed by atoms with van der Waals surface area (Å²) < 4.78 is 32.6. The molecule has 1 heterocycles. The Balaban J connectivity index is 1.42. The maximum atomic E-state index is 13.8. The summed E-state index contributed by atoms with van der Waals surface area (Å²) >= 11 is 0. The first-order valence-corrected chi connectivity index (χ1v) is 8.26. The van der Waals surface area contributed by atoms with Crippen molar-refractivity contribution >= 4 is 5.91 Å². The highest BCUT2D eigenvalue weighted by atomic mass is 19.1. The molecule has 124 valence electrons. The van der Waals surface area contributed by atoms with E-state index in [-0.39, 0.29) is 35.3 Å². The molecular formula is C18H21F2NO2. The molecule has 23 heavy (non-hydrogen) atoms. The van der Waals surface area contributed by atoms with Crippen LogP contribution >= 0.6 is 0 Å². The van der Waals surface area contributed by atoms with Gasteiger partial charge >= 0.3 is 0 Å². The maximum Gasteiger partial charge on any atom is 0.223 e. The number of rotatable bonds is 3. The first-order chi connectivity index (χ1) is 10.9. The molecule has 1 aliphatic heterocycles. The molecule has 4 rings (SSSR count). The van der Waals surface area contributed by atoms with Gasteiger partial charge in [0.25, 0.3) is 0 Å². The number of nitrogens with one attached hydrogen (secondary N) is 1. The number of ether oxygens (including phenoxy) is 1. The van der Waals surface area contributed by atoms with E-state index in [1.165, 1.54) is 12.1 Å². The number of hydrogen-bond acceptors (Lipinski definition) is 2. The average Bonchev–Trinajstić information content (AvgIpc) is 3.14. The topological polar surface area (TPSA) is 38.3 Å². The highest BCUT2D eigenvalue weighted by Crippen LogP contribution is 2.53. The Hall–Kier alpha value is -1.49. The van der Waals surface area contributed by atoms with Crippen LogP contribution in [0.5, 0.6) is 0 Å². The molecule has 0 unspecified atom stereocenters. The van der Waals surface area contributed by atoms with Crippen molar-refractivity contribution in [2.75, 3.05) is 6.61 Å². The van der Waals surface area contributed by atoms with Gasteiger partial charge in [-0.2, -0.15) is 0 Å². The van der Waals surface area contributed by atoms with Crippen LogP contribution in [-0.4, -0.2) is 24.7 Å².